The maximum Gasteiger partial charge on any atom is 0.254 e. The summed E-state index contributed by atoms with van der Waals surface area (Å²) in [5.74, 6) is 2.55. The van der Waals surface area contributed by atoms with E-state index in [1.54, 1.807) is 6.20 Å². The van der Waals surface area contributed by atoms with Crippen LogP contribution in [-0.2, 0) is 0 Å². The highest BCUT2D eigenvalue weighted by Crippen LogP contribution is 2.38. The molecular formula is C13H17N5. The molecule has 3 unspecified atom stereocenters. The molecule has 3 heterocycles. The molecule has 18 heavy (non-hydrogen) atoms. The number of rotatable bonds is 1. The van der Waals surface area contributed by atoms with E-state index in [0.29, 0.717) is 17.9 Å². The van der Waals surface area contributed by atoms with Gasteiger partial charge in [-0.3, -0.25) is 4.40 Å². The van der Waals surface area contributed by atoms with Crippen LogP contribution in [0, 0.1) is 5.92 Å². The Balaban J connectivity index is 1.67. The normalized spacial score (nSPS) is 31.7. The molecule has 1 N–H and O–H groups in total. The summed E-state index contributed by atoms with van der Waals surface area (Å²) < 4.78 is 2.01. The number of hydrogen-bond donors (Lipinski definition) is 1. The van der Waals surface area contributed by atoms with Crippen molar-refractivity contribution in [3.05, 3.63) is 24.3 Å². The van der Waals surface area contributed by atoms with Gasteiger partial charge in [0.2, 0.25) is 0 Å². The van der Waals surface area contributed by atoms with Crippen LogP contribution in [-0.4, -0.2) is 25.6 Å². The summed E-state index contributed by atoms with van der Waals surface area (Å²) in [4.78, 5) is 4.23. The zero-order valence-electron chi connectivity index (χ0n) is 10.3. The Hall–Kier alpha value is -1.49. The van der Waals surface area contributed by atoms with E-state index in [9.17, 15) is 0 Å². The molecule has 0 spiro atoms. The van der Waals surface area contributed by atoms with Crippen LogP contribution in [0.15, 0.2) is 18.5 Å². The van der Waals surface area contributed by atoms with Crippen LogP contribution in [0.5, 0.6) is 0 Å². The van der Waals surface area contributed by atoms with Crippen molar-refractivity contribution in [1.29, 1.82) is 0 Å². The second kappa shape index (κ2) is 4.02. The molecule has 2 aromatic heterocycles. The summed E-state index contributed by atoms with van der Waals surface area (Å²) in [5.41, 5.74) is 0. The van der Waals surface area contributed by atoms with Gasteiger partial charge in [-0.25, -0.2) is 4.98 Å². The van der Waals surface area contributed by atoms with E-state index in [-0.39, 0.29) is 0 Å². The first-order chi connectivity index (χ1) is 8.92. The Morgan fingerprint density at radius 2 is 2.17 bits per heavy atom. The molecule has 0 bridgehead atoms. The van der Waals surface area contributed by atoms with Gasteiger partial charge in [-0.1, -0.05) is 12.8 Å². The summed E-state index contributed by atoms with van der Waals surface area (Å²) in [6, 6.07) is 2.96. The maximum atomic E-state index is 4.32. The first-order valence-corrected chi connectivity index (χ1v) is 6.83. The van der Waals surface area contributed by atoms with Crippen LogP contribution in [0.1, 0.15) is 44.0 Å². The minimum absolute atomic E-state index is 0.345. The van der Waals surface area contributed by atoms with E-state index >= 15 is 0 Å². The second-order valence-corrected chi connectivity index (χ2v) is 5.45. The van der Waals surface area contributed by atoms with Gasteiger partial charge in [0.15, 0.2) is 5.82 Å². The zero-order chi connectivity index (χ0) is 11.9. The molecule has 0 aromatic carbocycles. The summed E-state index contributed by atoms with van der Waals surface area (Å²) >= 11 is 0. The van der Waals surface area contributed by atoms with Crippen molar-refractivity contribution in [2.24, 2.45) is 5.92 Å². The van der Waals surface area contributed by atoms with Crippen LogP contribution in [0.2, 0.25) is 0 Å². The summed E-state index contributed by atoms with van der Waals surface area (Å²) in [6.07, 6.45) is 10.4. The molecule has 2 aliphatic rings. The SMILES string of the molecule is c1cnc2nnc(C3CC4CCCCC4N3)n2c1. The fourth-order valence-electron chi connectivity index (χ4n) is 3.52. The molecule has 5 heteroatoms. The fourth-order valence-corrected chi connectivity index (χ4v) is 3.52. The molecular weight excluding hydrogens is 226 g/mol. The maximum absolute atomic E-state index is 4.32. The number of nitrogens with one attached hydrogen (secondary N) is 1. The van der Waals surface area contributed by atoms with Crippen LogP contribution >= 0.6 is 0 Å². The smallest absolute Gasteiger partial charge is 0.254 e. The minimum atomic E-state index is 0.345. The van der Waals surface area contributed by atoms with Gasteiger partial charge in [0.1, 0.15) is 0 Å². The van der Waals surface area contributed by atoms with E-state index in [2.05, 4.69) is 20.5 Å². The van der Waals surface area contributed by atoms with Gasteiger partial charge in [0.25, 0.3) is 5.78 Å². The van der Waals surface area contributed by atoms with Crippen molar-refractivity contribution in [3.8, 4) is 0 Å². The van der Waals surface area contributed by atoms with Crippen LogP contribution < -0.4 is 5.32 Å². The monoisotopic (exact) mass is 243 g/mol. The van der Waals surface area contributed by atoms with Gasteiger partial charge >= 0.3 is 0 Å². The molecule has 3 atom stereocenters. The van der Waals surface area contributed by atoms with Crippen molar-refractivity contribution in [2.75, 3.05) is 0 Å². The van der Waals surface area contributed by atoms with Gasteiger partial charge < -0.3 is 5.32 Å². The lowest BCUT2D eigenvalue weighted by molar-refractivity contribution is 0.325. The average Bonchev–Trinajstić information content (AvgIpc) is 3.02. The molecule has 2 fully saturated rings. The Bertz CT molecular complexity index is 549. The zero-order valence-corrected chi connectivity index (χ0v) is 10.3. The van der Waals surface area contributed by atoms with Crippen LogP contribution in [0.4, 0.5) is 0 Å². The van der Waals surface area contributed by atoms with Crippen molar-refractivity contribution in [2.45, 2.75) is 44.2 Å². The Kier molecular flexibility index (Phi) is 2.33. The molecule has 1 saturated heterocycles. The van der Waals surface area contributed by atoms with Gasteiger partial charge in [-0.05, 0) is 31.2 Å². The van der Waals surface area contributed by atoms with Crippen molar-refractivity contribution in [3.63, 3.8) is 0 Å². The molecule has 5 nitrogen and oxygen atoms in total. The molecule has 1 aliphatic heterocycles. The Labute approximate surface area is 106 Å². The first kappa shape index (κ1) is 10.4. The highest BCUT2D eigenvalue weighted by atomic mass is 15.3. The van der Waals surface area contributed by atoms with E-state index in [4.69, 9.17) is 0 Å². The quantitative estimate of drug-likeness (QED) is 0.828. The number of nitrogens with zero attached hydrogens (tertiary/aromatic N) is 4. The largest absolute Gasteiger partial charge is 0.304 e. The summed E-state index contributed by atoms with van der Waals surface area (Å²) in [7, 11) is 0. The number of fused-ring (bicyclic) bond motifs is 2. The third kappa shape index (κ3) is 1.54. The van der Waals surface area contributed by atoms with Gasteiger partial charge in [-0.15, -0.1) is 10.2 Å². The second-order valence-electron chi connectivity index (χ2n) is 5.45. The lowest BCUT2D eigenvalue weighted by atomic mass is 9.85. The summed E-state index contributed by atoms with van der Waals surface area (Å²) in [5, 5.41) is 12.2. The van der Waals surface area contributed by atoms with Crippen LogP contribution in [0.3, 0.4) is 0 Å². The van der Waals surface area contributed by atoms with Gasteiger partial charge in [0.05, 0.1) is 6.04 Å². The molecule has 1 saturated carbocycles. The third-order valence-corrected chi connectivity index (χ3v) is 4.39. The third-order valence-electron chi connectivity index (χ3n) is 4.39. The molecule has 1 aliphatic carbocycles. The molecule has 0 amide bonds. The van der Waals surface area contributed by atoms with Gasteiger partial charge in [-0.2, -0.15) is 0 Å². The standard InChI is InChI=1S/C13H17N5/c1-2-5-10-9(4-1)8-11(15-10)12-16-17-13-14-6-3-7-18(12)13/h3,6-7,9-11,15H,1-2,4-5,8H2. The Morgan fingerprint density at radius 1 is 1.22 bits per heavy atom. The van der Waals surface area contributed by atoms with Gasteiger partial charge in [0, 0.05) is 18.4 Å². The van der Waals surface area contributed by atoms with Crippen molar-refractivity contribution >= 4 is 5.78 Å². The molecule has 0 radical (unpaired) electrons. The highest BCUT2D eigenvalue weighted by molar-refractivity contribution is 5.27. The van der Waals surface area contributed by atoms with Crippen molar-refractivity contribution in [1.82, 2.24) is 24.9 Å². The summed E-state index contributed by atoms with van der Waals surface area (Å²) in [6.45, 7) is 0. The highest BCUT2D eigenvalue weighted by Gasteiger charge is 2.37. The lowest BCUT2D eigenvalue weighted by Gasteiger charge is -2.24. The van der Waals surface area contributed by atoms with E-state index < -0.39 is 0 Å². The van der Waals surface area contributed by atoms with E-state index in [1.165, 1.54) is 32.1 Å². The topological polar surface area (TPSA) is 55.1 Å². The lowest BCUT2D eigenvalue weighted by Crippen LogP contribution is -2.30. The number of hydrogen-bond acceptors (Lipinski definition) is 4. The van der Waals surface area contributed by atoms with Crippen LogP contribution in [0.25, 0.3) is 5.78 Å². The average molecular weight is 243 g/mol. The molecule has 2 aromatic rings. The van der Waals surface area contributed by atoms with E-state index in [1.807, 2.05) is 16.7 Å². The van der Waals surface area contributed by atoms with Crippen molar-refractivity contribution < 1.29 is 0 Å². The Morgan fingerprint density at radius 3 is 3.11 bits per heavy atom. The fraction of sp³-hybridized carbons (Fsp3) is 0.615. The predicted molar refractivity (Wildman–Crippen MR) is 67.0 cm³/mol. The number of aromatic nitrogens is 4. The predicted octanol–water partition coefficient (Wildman–Crippen LogP) is 1.72. The van der Waals surface area contributed by atoms with E-state index in [0.717, 1.165) is 11.7 Å². The minimum Gasteiger partial charge on any atom is -0.304 e. The molecule has 94 valence electrons. The first-order valence-electron chi connectivity index (χ1n) is 6.83. The molecule has 4 rings (SSSR count).